The number of benzene rings is 4. The molecule has 4 aromatic carbocycles. The highest BCUT2D eigenvalue weighted by Gasteiger charge is 2.05. The van der Waals surface area contributed by atoms with E-state index in [2.05, 4.69) is 51.7 Å². The first-order chi connectivity index (χ1) is 15.8. The molecule has 0 bridgehead atoms. The molecule has 0 fully saturated rings. The summed E-state index contributed by atoms with van der Waals surface area (Å²) >= 11 is 0. The van der Waals surface area contributed by atoms with Crippen LogP contribution >= 0.6 is 0 Å². The maximum Gasteiger partial charge on any atom is 0.134 e. The molecule has 0 amide bonds. The lowest BCUT2D eigenvalue weighted by atomic mass is 10.0. The van der Waals surface area contributed by atoms with E-state index in [1.54, 1.807) is 6.33 Å². The normalized spacial score (nSPS) is 10.5. The molecule has 0 unspecified atom stereocenters. The third-order valence-electron chi connectivity index (χ3n) is 5.04. The van der Waals surface area contributed by atoms with Crippen molar-refractivity contribution in [1.82, 2.24) is 9.97 Å². The fourth-order valence-corrected chi connectivity index (χ4v) is 3.45. The first kappa shape index (κ1) is 19.5. The van der Waals surface area contributed by atoms with Gasteiger partial charge in [0, 0.05) is 17.3 Å². The summed E-state index contributed by atoms with van der Waals surface area (Å²) in [4.78, 5) is 8.85. The van der Waals surface area contributed by atoms with Crippen molar-refractivity contribution in [2.75, 3.05) is 5.32 Å². The number of nitrogens with zero attached hydrogens (tertiary/aromatic N) is 2. The standard InChI is InChI=1S/C28H21N3O/c1-3-8-21(9-4-1)22-10-7-11-23(18-22)27-19-28(30-20-29-27)31-24-14-16-26(17-15-24)32-25-12-5-2-6-13-25/h1-20H,(H,29,30,31). The molecule has 5 aromatic rings. The zero-order chi connectivity index (χ0) is 21.6. The van der Waals surface area contributed by atoms with E-state index in [0.717, 1.165) is 39.8 Å². The van der Waals surface area contributed by atoms with E-state index in [-0.39, 0.29) is 0 Å². The molecule has 4 nitrogen and oxygen atoms in total. The minimum atomic E-state index is 0.733. The lowest BCUT2D eigenvalue weighted by molar-refractivity contribution is 0.483. The molecule has 154 valence electrons. The van der Waals surface area contributed by atoms with Crippen molar-refractivity contribution in [1.29, 1.82) is 0 Å². The van der Waals surface area contributed by atoms with Gasteiger partial charge in [0.15, 0.2) is 0 Å². The number of rotatable bonds is 6. The highest BCUT2D eigenvalue weighted by Crippen LogP contribution is 2.27. The van der Waals surface area contributed by atoms with Crippen molar-refractivity contribution in [2.24, 2.45) is 0 Å². The van der Waals surface area contributed by atoms with Crippen molar-refractivity contribution < 1.29 is 4.74 Å². The van der Waals surface area contributed by atoms with Gasteiger partial charge in [-0.05, 0) is 53.6 Å². The summed E-state index contributed by atoms with van der Waals surface area (Å²) in [7, 11) is 0. The van der Waals surface area contributed by atoms with Crippen LogP contribution in [0.15, 0.2) is 122 Å². The monoisotopic (exact) mass is 415 g/mol. The fraction of sp³-hybridized carbons (Fsp3) is 0. The Morgan fingerprint density at radius 1 is 0.531 bits per heavy atom. The Labute approximate surface area is 187 Å². The zero-order valence-corrected chi connectivity index (χ0v) is 17.3. The molecule has 0 saturated heterocycles. The lowest BCUT2D eigenvalue weighted by Gasteiger charge is -2.10. The molecule has 0 radical (unpaired) electrons. The molecule has 0 atom stereocenters. The maximum absolute atomic E-state index is 5.85. The molecule has 32 heavy (non-hydrogen) atoms. The van der Waals surface area contributed by atoms with Crippen molar-refractivity contribution >= 4 is 11.5 Å². The summed E-state index contributed by atoms with van der Waals surface area (Å²) < 4.78 is 5.85. The molecule has 1 heterocycles. The van der Waals surface area contributed by atoms with Gasteiger partial charge >= 0.3 is 0 Å². The first-order valence-corrected chi connectivity index (χ1v) is 10.4. The molecule has 1 aromatic heterocycles. The number of anilines is 2. The highest BCUT2D eigenvalue weighted by atomic mass is 16.5. The highest BCUT2D eigenvalue weighted by molar-refractivity contribution is 5.72. The van der Waals surface area contributed by atoms with Gasteiger partial charge in [0.2, 0.25) is 0 Å². The molecule has 0 aliphatic carbocycles. The topological polar surface area (TPSA) is 47.0 Å². The second kappa shape index (κ2) is 9.14. The van der Waals surface area contributed by atoms with Crippen molar-refractivity contribution in [3.8, 4) is 33.9 Å². The Kier molecular flexibility index (Phi) is 5.58. The van der Waals surface area contributed by atoms with Gasteiger partial charge in [-0.15, -0.1) is 0 Å². The summed E-state index contributed by atoms with van der Waals surface area (Å²) in [5.74, 6) is 2.33. The summed E-state index contributed by atoms with van der Waals surface area (Å²) in [6, 6.07) is 38.2. The third-order valence-corrected chi connectivity index (χ3v) is 5.04. The Balaban J connectivity index is 1.33. The lowest BCUT2D eigenvalue weighted by Crippen LogP contribution is -1.95. The summed E-state index contributed by atoms with van der Waals surface area (Å²) in [5, 5.41) is 3.34. The van der Waals surface area contributed by atoms with Crippen LogP contribution in [0, 0.1) is 0 Å². The molecule has 0 saturated carbocycles. The zero-order valence-electron chi connectivity index (χ0n) is 17.3. The van der Waals surface area contributed by atoms with Crippen LogP contribution in [0.2, 0.25) is 0 Å². The van der Waals surface area contributed by atoms with Gasteiger partial charge in [0.25, 0.3) is 0 Å². The van der Waals surface area contributed by atoms with Crippen molar-refractivity contribution in [3.63, 3.8) is 0 Å². The van der Waals surface area contributed by atoms with E-state index in [0.29, 0.717) is 0 Å². The van der Waals surface area contributed by atoms with Crippen LogP contribution in [0.4, 0.5) is 11.5 Å². The van der Waals surface area contributed by atoms with Gasteiger partial charge in [-0.25, -0.2) is 9.97 Å². The Bertz CT molecular complexity index is 1300. The summed E-state index contributed by atoms with van der Waals surface area (Å²) in [6.45, 7) is 0. The molecule has 1 N–H and O–H groups in total. The minimum Gasteiger partial charge on any atom is -0.457 e. The van der Waals surface area contributed by atoms with Gasteiger partial charge in [0.1, 0.15) is 23.6 Å². The van der Waals surface area contributed by atoms with E-state index < -0.39 is 0 Å². The number of ether oxygens (including phenoxy) is 1. The van der Waals surface area contributed by atoms with Crippen molar-refractivity contribution in [2.45, 2.75) is 0 Å². The number of hydrogen-bond donors (Lipinski definition) is 1. The van der Waals surface area contributed by atoms with Crippen LogP contribution in [0.5, 0.6) is 11.5 Å². The second-order valence-corrected chi connectivity index (χ2v) is 7.30. The van der Waals surface area contributed by atoms with Crippen LogP contribution < -0.4 is 10.1 Å². The van der Waals surface area contributed by atoms with Crippen LogP contribution in [-0.2, 0) is 0 Å². The van der Waals surface area contributed by atoms with Gasteiger partial charge in [0.05, 0.1) is 5.69 Å². The van der Waals surface area contributed by atoms with Crippen LogP contribution in [0.1, 0.15) is 0 Å². The second-order valence-electron chi connectivity index (χ2n) is 7.30. The molecule has 4 heteroatoms. The molecule has 0 aliphatic heterocycles. The number of aromatic nitrogens is 2. The number of para-hydroxylation sites is 1. The number of hydrogen-bond acceptors (Lipinski definition) is 4. The van der Waals surface area contributed by atoms with E-state index in [1.807, 2.05) is 78.9 Å². The smallest absolute Gasteiger partial charge is 0.134 e. The fourth-order valence-electron chi connectivity index (χ4n) is 3.45. The summed E-state index contributed by atoms with van der Waals surface area (Å²) in [5.41, 5.74) is 5.17. The van der Waals surface area contributed by atoms with E-state index in [4.69, 9.17) is 4.74 Å². The molecular weight excluding hydrogens is 394 g/mol. The van der Waals surface area contributed by atoms with Crippen LogP contribution in [0.3, 0.4) is 0 Å². The van der Waals surface area contributed by atoms with E-state index in [9.17, 15) is 0 Å². The Morgan fingerprint density at radius 2 is 1.19 bits per heavy atom. The van der Waals surface area contributed by atoms with Gasteiger partial charge < -0.3 is 10.1 Å². The molecular formula is C28H21N3O. The minimum absolute atomic E-state index is 0.733. The predicted molar refractivity (Wildman–Crippen MR) is 129 cm³/mol. The van der Waals surface area contributed by atoms with Gasteiger partial charge in [-0.3, -0.25) is 0 Å². The molecule has 0 spiro atoms. The average Bonchev–Trinajstić information content (AvgIpc) is 2.87. The average molecular weight is 415 g/mol. The third kappa shape index (κ3) is 4.65. The molecule has 5 rings (SSSR count). The van der Waals surface area contributed by atoms with Gasteiger partial charge in [-0.1, -0.05) is 66.7 Å². The van der Waals surface area contributed by atoms with Crippen LogP contribution in [-0.4, -0.2) is 9.97 Å². The van der Waals surface area contributed by atoms with E-state index in [1.165, 1.54) is 5.56 Å². The predicted octanol–water partition coefficient (Wildman–Crippen LogP) is 7.35. The first-order valence-electron chi connectivity index (χ1n) is 10.4. The maximum atomic E-state index is 5.85. The van der Waals surface area contributed by atoms with E-state index >= 15 is 0 Å². The van der Waals surface area contributed by atoms with Crippen LogP contribution in [0.25, 0.3) is 22.4 Å². The summed E-state index contributed by atoms with van der Waals surface area (Å²) in [6.07, 6.45) is 1.58. The van der Waals surface area contributed by atoms with Crippen molar-refractivity contribution in [3.05, 3.63) is 122 Å². The largest absolute Gasteiger partial charge is 0.457 e. The van der Waals surface area contributed by atoms with Gasteiger partial charge in [-0.2, -0.15) is 0 Å². The SMILES string of the molecule is c1ccc(Oc2ccc(Nc3cc(-c4cccc(-c5ccccc5)c4)ncn3)cc2)cc1. The quantitative estimate of drug-likeness (QED) is 0.315. The Hall–Kier alpha value is -4.44. The molecule has 0 aliphatic rings. The Morgan fingerprint density at radius 3 is 1.97 bits per heavy atom. The number of nitrogens with one attached hydrogen (secondary N) is 1.